The van der Waals surface area contributed by atoms with Crippen molar-refractivity contribution in [3.8, 4) is 0 Å². The summed E-state index contributed by atoms with van der Waals surface area (Å²) in [4.78, 5) is 2.02. The Bertz CT molecular complexity index is 393. The van der Waals surface area contributed by atoms with Gasteiger partial charge in [-0.25, -0.2) is 4.39 Å². The van der Waals surface area contributed by atoms with Gasteiger partial charge in [0.05, 0.1) is 12.3 Å². The summed E-state index contributed by atoms with van der Waals surface area (Å²) >= 11 is 3.42. The maximum atomic E-state index is 13.9. The standard InChI is InChI=1S/C14H19BrFNO/c1-17(9-11-4-3-7-18-10-11)14-12(8-15)5-2-6-13(14)16/h2,5-6,11H,3-4,7-10H2,1H3. The second kappa shape index (κ2) is 6.53. The lowest BCUT2D eigenvalue weighted by molar-refractivity contribution is 0.0576. The van der Waals surface area contributed by atoms with Crippen LogP contribution in [0.3, 0.4) is 0 Å². The summed E-state index contributed by atoms with van der Waals surface area (Å²) < 4.78 is 19.4. The molecule has 0 aliphatic carbocycles. The van der Waals surface area contributed by atoms with Gasteiger partial charge >= 0.3 is 0 Å². The molecular weight excluding hydrogens is 297 g/mol. The summed E-state index contributed by atoms with van der Waals surface area (Å²) in [6.07, 6.45) is 2.28. The minimum absolute atomic E-state index is 0.147. The highest BCUT2D eigenvalue weighted by Gasteiger charge is 2.19. The number of hydrogen-bond acceptors (Lipinski definition) is 2. The van der Waals surface area contributed by atoms with Crippen molar-refractivity contribution in [2.45, 2.75) is 18.2 Å². The van der Waals surface area contributed by atoms with Gasteiger partial charge in [-0.05, 0) is 30.4 Å². The topological polar surface area (TPSA) is 12.5 Å². The Morgan fingerprint density at radius 3 is 3.00 bits per heavy atom. The lowest BCUT2D eigenvalue weighted by Crippen LogP contribution is -2.31. The van der Waals surface area contributed by atoms with Crippen molar-refractivity contribution in [3.63, 3.8) is 0 Å². The first-order valence-corrected chi connectivity index (χ1v) is 7.46. The third kappa shape index (κ3) is 3.23. The van der Waals surface area contributed by atoms with Gasteiger partial charge in [0.15, 0.2) is 0 Å². The van der Waals surface area contributed by atoms with Crippen molar-refractivity contribution >= 4 is 21.6 Å². The molecule has 0 bridgehead atoms. The maximum absolute atomic E-state index is 13.9. The van der Waals surface area contributed by atoms with Gasteiger partial charge in [-0.1, -0.05) is 28.1 Å². The van der Waals surface area contributed by atoms with Crippen LogP contribution in [-0.4, -0.2) is 26.8 Å². The summed E-state index contributed by atoms with van der Waals surface area (Å²) in [5, 5.41) is 0.672. The quantitative estimate of drug-likeness (QED) is 0.787. The molecule has 0 spiro atoms. The lowest BCUT2D eigenvalue weighted by atomic mass is 10.0. The number of benzene rings is 1. The molecule has 1 unspecified atom stereocenters. The number of nitrogens with zero attached hydrogens (tertiary/aromatic N) is 1. The van der Waals surface area contributed by atoms with Crippen molar-refractivity contribution < 1.29 is 9.13 Å². The molecule has 1 aromatic rings. The van der Waals surface area contributed by atoms with Crippen LogP contribution in [0.25, 0.3) is 0 Å². The molecule has 0 amide bonds. The Labute approximate surface area is 116 Å². The van der Waals surface area contributed by atoms with E-state index in [2.05, 4.69) is 15.9 Å². The molecule has 18 heavy (non-hydrogen) atoms. The molecule has 1 aromatic carbocycles. The predicted octanol–water partition coefficient (Wildman–Crippen LogP) is 3.58. The molecular formula is C14H19BrFNO. The van der Waals surface area contributed by atoms with Crippen LogP contribution < -0.4 is 4.90 Å². The smallest absolute Gasteiger partial charge is 0.146 e. The average molecular weight is 316 g/mol. The fraction of sp³-hybridized carbons (Fsp3) is 0.571. The molecule has 1 saturated heterocycles. The first-order chi connectivity index (χ1) is 8.72. The number of alkyl halides is 1. The van der Waals surface area contributed by atoms with Gasteiger partial charge in [0.25, 0.3) is 0 Å². The van der Waals surface area contributed by atoms with Crippen molar-refractivity contribution in [2.75, 3.05) is 31.7 Å². The Balaban J connectivity index is 2.09. The predicted molar refractivity (Wildman–Crippen MR) is 75.8 cm³/mol. The van der Waals surface area contributed by atoms with Crippen molar-refractivity contribution in [3.05, 3.63) is 29.6 Å². The second-order valence-corrected chi connectivity index (χ2v) is 5.41. The van der Waals surface area contributed by atoms with Crippen LogP contribution in [0.2, 0.25) is 0 Å². The van der Waals surface area contributed by atoms with Crippen LogP contribution in [0.1, 0.15) is 18.4 Å². The molecule has 2 rings (SSSR count). The minimum atomic E-state index is -0.147. The lowest BCUT2D eigenvalue weighted by Gasteiger charge is -2.29. The highest BCUT2D eigenvalue weighted by atomic mass is 79.9. The summed E-state index contributed by atoms with van der Waals surface area (Å²) in [6.45, 7) is 2.51. The Kier molecular flexibility index (Phi) is 5.01. The van der Waals surface area contributed by atoms with E-state index in [1.807, 2.05) is 18.0 Å². The molecule has 1 heterocycles. The summed E-state index contributed by atoms with van der Waals surface area (Å²) in [5.74, 6) is 0.359. The zero-order valence-electron chi connectivity index (χ0n) is 10.7. The molecule has 4 heteroatoms. The van der Waals surface area contributed by atoms with Gasteiger partial charge < -0.3 is 9.64 Å². The van der Waals surface area contributed by atoms with E-state index in [9.17, 15) is 4.39 Å². The van der Waals surface area contributed by atoms with Crippen LogP contribution >= 0.6 is 15.9 Å². The van der Waals surface area contributed by atoms with E-state index in [0.29, 0.717) is 16.9 Å². The Morgan fingerprint density at radius 1 is 1.50 bits per heavy atom. The molecule has 1 fully saturated rings. The van der Waals surface area contributed by atoms with E-state index in [4.69, 9.17) is 4.74 Å². The summed E-state index contributed by atoms with van der Waals surface area (Å²) in [6, 6.07) is 5.24. The van der Waals surface area contributed by atoms with Gasteiger partial charge in [-0.15, -0.1) is 0 Å². The van der Waals surface area contributed by atoms with Crippen LogP contribution in [0.4, 0.5) is 10.1 Å². The van der Waals surface area contributed by atoms with Crippen molar-refractivity contribution in [2.24, 2.45) is 5.92 Å². The van der Waals surface area contributed by atoms with E-state index in [1.165, 1.54) is 12.5 Å². The Hall–Kier alpha value is -0.610. The molecule has 0 N–H and O–H groups in total. The zero-order chi connectivity index (χ0) is 13.0. The van der Waals surface area contributed by atoms with Gasteiger partial charge in [-0.3, -0.25) is 0 Å². The number of anilines is 1. The van der Waals surface area contributed by atoms with E-state index in [0.717, 1.165) is 31.7 Å². The van der Waals surface area contributed by atoms with Crippen LogP contribution in [-0.2, 0) is 10.1 Å². The molecule has 1 aliphatic rings. The fourth-order valence-electron chi connectivity index (χ4n) is 2.53. The van der Waals surface area contributed by atoms with E-state index < -0.39 is 0 Å². The number of hydrogen-bond donors (Lipinski definition) is 0. The molecule has 2 nitrogen and oxygen atoms in total. The van der Waals surface area contributed by atoms with Gasteiger partial charge in [-0.2, -0.15) is 0 Å². The minimum Gasteiger partial charge on any atom is -0.381 e. The second-order valence-electron chi connectivity index (χ2n) is 4.84. The monoisotopic (exact) mass is 315 g/mol. The number of ether oxygens (including phenoxy) is 1. The molecule has 0 saturated carbocycles. The summed E-state index contributed by atoms with van der Waals surface area (Å²) in [7, 11) is 1.96. The molecule has 100 valence electrons. The highest BCUT2D eigenvalue weighted by Crippen LogP contribution is 2.27. The van der Waals surface area contributed by atoms with Gasteiger partial charge in [0.2, 0.25) is 0 Å². The largest absolute Gasteiger partial charge is 0.381 e. The molecule has 0 aromatic heterocycles. The first-order valence-electron chi connectivity index (χ1n) is 6.34. The van der Waals surface area contributed by atoms with E-state index in [-0.39, 0.29) is 5.82 Å². The highest BCUT2D eigenvalue weighted by molar-refractivity contribution is 9.08. The number of halogens is 2. The van der Waals surface area contributed by atoms with E-state index in [1.54, 1.807) is 6.07 Å². The maximum Gasteiger partial charge on any atom is 0.146 e. The third-order valence-corrected chi connectivity index (χ3v) is 3.99. The van der Waals surface area contributed by atoms with Gasteiger partial charge in [0.1, 0.15) is 5.82 Å². The van der Waals surface area contributed by atoms with E-state index >= 15 is 0 Å². The SMILES string of the molecule is CN(CC1CCCOC1)c1c(F)cccc1CBr. The van der Waals surface area contributed by atoms with Gasteiger partial charge in [0, 0.05) is 25.5 Å². The zero-order valence-corrected chi connectivity index (χ0v) is 12.2. The molecule has 1 aliphatic heterocycles. The van der Waals surface area contributed by atoms with Crippen molar-refractivity contribution in [1.82, 2.24) is 0 Å². The third-order valence-electron chi connectivity index (χ3n) is 3.38. The average Bonchev–Trinajstić information content (AvgIpc) is 2.39. The number of para-hydroxylation sites is 1. The normalized spacial score (nSPS) is 19.8. The summed E-state index contributed by atoms with van der Waals surface area (Å²) in [5.41, 5.74) is 1.70. The first kappa shape index (κ1) is 13.8. The number of rotatable bonds is 4. The van der Waals surface area contributed by atoms with Crippen molar-refractivity contribution in [1.29, 1.82) is 0 Å². The Morgan fingerprint density at radius 2 is 2.33 bits per heavy atom. The molecule has 0 radical (unpaired) electrons. The van der Waals surface area contributed by atoms with Crippen LogP contribution in [0.15, 0.2) is 18.2 Å². The fourth-order valence-corrected chi connectivity index (χ4v) is 2.98. The molecule has 1 atom stereocenters. The van der Waals surface area contributed by atoms with Crippen LogP contribution in [0.5, 0.6) is 0 Å². The van der Waals surface area contributed by atoms with Crippen LogP contribution in [0, 0.1) is 11.7 Å².